The van der Waals surface area contributed by atoms with Crippen molar-refractivity contribution in [3.05, 3.63) is 51.8 Å². The van der Waals surface area contributed by atoms with Gasteiger partial charge in [-0.15, -0.1) is 0 Å². The minimum absolute atomic E-state index is 0.115. The highest BCUT2D eigenvalue weighted by Crippen LogP contribution is 2.28. The molecule has 0 saturated carbocycles. The Balaban J connectivity index is 1.79. The molecule has 2 aromatic heterocycles. The average molecular weight is 401 g/mol. The fourth-order valence-electron chi connectivity index (χ4n) is 2.84. The van der Waals surface area contributed by atoms with Gasteiger partial charge in [-0.1, -0.05) is 11.6 Å². The van der Waals surface area contributed by atoms with Crippen LogP contribution >= 0.6 is 11.6 Å². The fraction of sp³-hybridized carbons (Fsp3) is 0.412. The highest BCUT2D eigenvalue weighted by molar-refractivity contribution is 6.31. The number of halogens is 4. The van der Waals surface area contributed by atoms with Gasteiger partial charge in [0, 0.05) is 30.9 Å². The molecule has 144 valence electrons. The quantitative estimate of drug-likeness (QED) is 0.734. The molecule has 0 amide bonds. The standard InChI is InChI=1S/C17H16ClF3N4O2/c1-2-27-15(26)13-7-12(18)11-4-6-25(9-14(11)24-13)8-10-3-5-22-16(23-10)17(19,20)21/h3,5,7H,2,4,6,8-9H2,1H3. The summed E-state index contributed by atoms with van der Waals surface area (Å²) in [4.78, 5) is 25.0. The van der Waals surface area contributed by atoms with Gasteiger partial charge in [-0.3, -0.25) is 4.90 Å². The Morgan fingerprint density at radius 3 is 2.85 bits per heavy atom. The van der Waals surface area contributed by atoms with E-state index in [0.29, 0.717) is 30.2 Å². The van der Waals surface area contributed by atoms with Gasteiger partial charge in [0.1, 0.15) is 5.69 Å². The number of carbonyl (C=O) groups excluding carboxylic acids is 1. The topological polar surface area (TPSA) is 68.2 Å². The van der Waals surface area contributed by atoms with E-state index < -0.39 is 18.0 Å². The SMILES string of the molecule is CCOC(=O)c1cc(Cl)c2c(n1)CN(Cc1ccnc(C(F)(F)F)n1)CC2. The van der Waals surface area contributed by atoms with Crippen molar-refractivity contribution in [2.45, 2.75) is 32.6 Å². The van der Waals surface area contributed by atoms with Gasteiger partial charge in [0.05, 0.1) is 18.0 Å². The van der Waals surface area contributed by atoms with Crippen molar-refractivity contribution in [3.63, 3.8) is 0 Å². The van der Waals surface area contributed by atoms with Crippen LogP contribution in [0.4, 0.5) is 13.2 Å². The van der Waals surface area contributed by atoms with Gasteiger partial charge < -0.3 is 4.74 Å². The lowest BCUT2D eigenvalue weighted by Crippen LogP contribution is -2.32. The van der Waals surface area contributed by atoms with Crippen LogP contribution in [0, 0.1) is 0 Å². The summed E-state index contributed by atoms with van der Waals surface area (Å²) in [6, 6.07) is 2.92. The van der Waals surface area contributed by atoms with Crippen LogP contribution in [0.2, 0.25) is 5.02 Å². The van der Waals surface area contributed by atoms with E-state index in [2.05, 4.69) is 15.0 Å². The zero-order valence-corrected chi connectivity index (χ0v) is 15.1. The molecule has 0 spiro atoms. The Kier molecular flexibility index (Phi) is 5.61. The second kappa shape index (κ2) is 7.77. The van der Waals surface area contributed by atoms with Crippen molar-refractivity contribution in [1.82, 2.24) is 19.9 Å². The van der Waals surface area contributed by atoms with Crippen LogP contribution in [0.1, 0.15) is 40.2 Å². The summed E-state index contributed by atoms with van der Waals surface area (Å²) in [6.07, 6.45) is -2.92. The zero-order chi connectivity index (χ0) is 19.6. The molecule has 1 aliphatic rings. The Morgan fingerprint density at radius 1 is 1.37 bits per heavy atom. The molecule has 0 radical (unpaired) electrons. The molecule has 3 heterocycles. The summed E-state index contributed by atoms with van der Waals surface area (Å²) < 4.78 is 43.2. The Hall–Kier alpha value is -2.26. The summed E-state index contributed by atoms with van der Waals surface area (Å²) in [5.41, 5.74) is 1.82. The van der Waals surface area contributed by atoms with E-state index >= 15 is 0 Å². The second-order valence-corrected chi connectivity index (χ2v) is 6.37. The third-order valence-electron chi connectivity index (χ3n) is 4.04. The maximum atomic E-state index is 12.8. The van der Waals surface area contributed by atoms with E-state index in [4.69, 9.17) is 16.3 Å². The van der Waals surface area contributed by atoms with Crippen LogP contribution < -0.4 is 0 Å². The van der Waals surface area contributed by atoms with Crippen LogP contribution in [0.5, 0.6) is 0 Å². The number of aromatic nitrogens is 3. The average Bonchev–Trinajstić information content (AvgIpc) is 2.61. The van der Waals surface area contributed by atoms with Crippen LogP contribution in [-0.4, -0.2) is 39.0 Å². The Morgan fingerprint density at radius 2 is 2.15 bits per heavy atom. The third-order valence-corrected chi connectivity index (χ3v) is 4.38. The van der Waals surface area contributed by atoms with Gasteiger partial charge in [0.2, 0.25) is 5.82 Å². The van der Waals surface area contributed by atoms with Crippen molar-refractivity contribution in [2.24, 2.45) is 0 Å². The van der Waals surface area contributed by atoms with E-state index in [9.17, 15) is 18.0 Å². The predicted molar refractivity (Wildman–Crippen MR) is 90.1 cm³/mol. The molecule has 0 N–H and O–H groups in total. The highest BCUT2D eigenvalue weighted by Gasteiger charge is 2.34. The zero-order valence-electron chi connectivity index (χ0n) is 14.4. The van der Waals surface area contributed by atoms with E-state index in [1.54, 1.807) is 6.92 Å². The lowest BCUT2D eigenvalue weighted by Gasteiger charge is -2.28. The molecule has 6 nitrogen and oxygen atoms in total. The maximum Gasteiger partial charge on any atom is 0.451 e. The number of esters is 1. The van der Waals surface area contributed by atoms with Gasteiger partial charge in [0.25, 0.3) is 0 Å². The first kappa shape index (κ1) is 19.5. The molecule has 0 atom stereocenters. The van der Waals surface area contributed by atoms with Crippen LogP contribution in [-0.2, 0) is 30.4 Å². The highest BCUT2D eigenvalue weighted by atomic mass is 35.5. The molecule has 0 bridgehead atoms. The van der Waals surface area contributed by atoms with Gasteiger partial charge in [-0.2, -0.15) is 13.2 Å². The van der Waals surface area contributed by atoms with Crippen molar-refractivity contribution >= 4 is 17.6 Å². The predicted octanol–water partition coefficient (Wildman–Crippen LogP) is 3.28. The molecule has 0 unspecified atom stereocenters. The maximum absolute atomic E-state index is 12.8. The number of fused-ring (bicyclic) bond motifs is 1. The molecular weight excluding hydrogens is 385 g/mol. The minimum Gasteiger partial charge on any atom is -0.461 e. The summed E-state index contributed by atoms with van der Waals surface area (Å²) in [6.45, 7) is 3.04. The number of hydrogen-bond acceptors (Lipinski definition) is 6. The minimum atomic E-state index is -4.59. The first-order valence-corrected chi connectivity index (χ1v) is 8.62. The van der Waals surface area contributed by atoms with Gasteiger partial charge in [-0.25, -0.2) is 19.7 Å². The summed E-state index contributed by atoms with van der Waals surface area (Å²) in [7, 11) is 0. The summed E-state index contributed by atoms with van der Waals surface area (Å²) in [5.74, 6) is -1.73. The van der Waals surface area contributed by atoms with Crippen LogP contribution in [0.3, 0.4) is 0 Å². The van der Waals surface area contributed by atoms with E-state index in [1.165, 1.54) is 12.1 Å². The number of alkyl halides is 3. The number of hydrogen-bond donors (Lipinski definition) is 0. The molecule has 27 heavy (non-hydrogen) atoms. The fourth-order valence-corrected chi connectivity index (χ4v) is 3.15. The molecule has 0 saturated heterocycles. The van der Waals surface area contributed by atoms with E-state index in [-0.39, 0.29) is 24.5 Å². The number of ether oxygens (including phenoxy) is 1. The molecule has 2 aromatic rings. The van der Waals surface area contributed by atoms with Crippen molar-refractivity contribution in [2.75, 3.05) is 13.2 Å². The van der Waals surface area contributed by atoms with E-state index in [1.807, 2.05) is 4.90 Å². The number of pyridine rings is 1. The number of carbonyl (C=O) groups is 1. The molecule has 0 fully saturated rings. The van der Waals surface area contributed by atoms with Crippen molar-refractivity contribution < 1.29 is 22.7 Å². The van der Waals surface area contributed by atoms with Crippen LogP contribution in [0.25, 0.3) is 0 Å². The lowest BCUT2D eigenvalue weighted by atomic mass is 10.0. The molecule has 10 heteroatoms. The molecule has 0 aliphatic carbocycles. The first-order chi connectivity index (χ1) is 12.8. The molecule has 0 aromatic carbocycles. The first-order valence-electron chi connectivity index (χ1n) is 8.24. The Bertz CT molecular complexity index is 861. The molecular formula is C17H16ClF3N4O2. The number of nitrogens with zero attached hydrogens (tertiary/aromatic N) is 4. The van der Waals surface area contributed by atoms with Crippen molar-refractivity contribution in [1.29, 1.82) is 0 Å². The van der Waals surface area contributed by atoms with Crippen LogP contribution in [0.15, 0.2) is 18.3 Å². The van der Waals surface area contributed by atoms with E-state index in [0.717, 1.165) is 11.8 Å². The van der Waals surface area contributed by atoms with Gasteiger partial charge in [0.15, 0.2) is 0 Å². The molecule has 1 aliphatic heterocycles. The van der Waals surface area contributed by atoms with Gasteiger partial charge >= 0.3 is 12.1 Å². The third kappa shape index (κ3) is 4.54. The van der Waals surface area contributed by atoms with Gasteiger partial charge in [-0.05, 0) is 31.0 Å². The monoisotopic (exact) mass is 400 g/mol. The summed E-state index contributed by atoms with van der Waals surface area (Å²) >= 11 is 6.26. The second-order valence-electron chi connectivity index (χ2n) is 5.97. The normalized spacial score (nSPS) is 14.7. The molecule has 3 rings (SSSR count). The summed E-state index contributed by atoms with van der Waals surface area (Å²) in [5, 5.41) is 0.434. The van der Waals surface area contributed by atoms with Crippen molar-refractivity contribution in [3.8, 4) is 0 Å². The smallest absolute Gasteiger partial charge is 0.451 e. The largest absolute Gasteiger partial charge is 0.461 e. The lowest BCUT2D eigenvalue weighted by molar-refractivity contribution is -0.145. The Labute approximate surface area is 158 Å². The number of rotatable bonds is 4.